The van der Waals surface area contributed by atoms with Gasteiger partial charge >= 0.3 is 11.9 Å². The van der Waals surface area contributed by atoms with Crippen LogP contribution in [0.2, 0.25) is 0 Å². The summed E-state index contributed by atoms with van der Waals surface area (Å²) in [5.74, 6) is -6.07. The number of phenolic OH excluding ortho intramolecular Hbond substituents is 2. The van der Waals surface area contributed by atoms with Gasteiger partial charge in [0, 0.05) is 28.1 Å². The average Bonchev–Trinajstić information content (AvgIpc) is 3.68. The van der Waals surface area contributed by atoms with Gasteiger partial charge in [-0.1, -0.05) is 0 Å². The molecule has 1 aromatic carbocycles. The number of carboxylic acids is 2. The largest absolute Gasteiger partial charge is 0.504 e. The van der Waals surface area contributed by atoms with Crippen molar-refractivity contribution in [2.24, 2.45) is 0 Å². The van der Waals surface area contributed by atoms with Crippen LogP contribution in [0.4, 0.5) is 5.13 Å². The fraction of sp³-hybridized carbons (Fsp3) is 0.222. The Morgan fingerprint density at radius 1 is 1.10 bits per heavy atom. The van der Waals surface area contributed by atoms with Crippen molar-refractivity contribution in [2.75, 3.05) is 17.2 Å². The van der Waals surface area contributed by atoms with Crippen molar-refractivity contribution in [3.63, 3.8) is 0 Å². The summed E-state index contributed by atoms with van der Waals surface area (Å²) in [5, 5.41) is 49.1. The number of nitrogens with one attached hydrogen (secondary N) is 2. The van der Waals surface area contributed by atoms with Crippen LogP contribution in [0.3, 0.4) is 0 Å². The molecule has 5 heterocycles. The Bertz CT molecular complexity index is 2060. The minimum absolute atomic E-state index is 0.0629. The number of aromatic hydroxyl groups is 2. The molecule has 8 N–H and O–H groups in total. The van der Waals surface area contributed by atoms with E-state index >= 15 is 0 Å². The Morgan fingerprint density at radius 2 is 1.88 bits per heavy atom. The Labute approximate surface area is 281 Å². The second-order valence-corrected chi connectivity index (χ2v) is 13.3. The van der Waals surface area contributed by atoms with Crippen LogP contribution in [0.5, 0.6) is 11.5 Å². The number of carbonyl (C=O) groups excluding carboxylic acids is 3. The summed E-state index contributed by atoms with van der Waals surface area (Å²) in [5.41, 5.74) is 6.47. The highest BCUT2D eigenvalue weighted by Gasteiger charge is 2.54. The zero-order valence-electron chi connectivity index (χ0n) is 24.3. The SMILES string of the molecule is Cc1cc(SCC2=C(C(=O)O)N3C(=O)[C@@H](NC(=O)C(NC(=O)c4ccc(O)c(O)c4)c4csc(N)n4)[C@H]3SC2)n2nc(C(=O)O)nc2n1. The summed E-state index contributed by atoms with van der Waals surface area (Å²) < 4.78 is 1.25. The molecule has 4 aromatic rings. The van der Waals surface area contributed by atoms with Gasteiger partial charge in [-0.15, -0.1) is 40.0 Å². The molecule has 0 spiro atoms. The van der Waals surface area contributed by atoms with Crippen LogP contribution in [-0.2, 0) is 14.4 Å². The van der Waals surface area contributed by atoms with Crippen molar-refractivity contribution in [3.05, 3.63) is 63.7 Å². The first kappa shape index (κ1) is 32.5. The molecule has 0 bridgehead atoms. The van der Waals surface area contributed by atoms with Crippen LogP contribution >= 0.6 is 34.9 Å². The summed E-state index contributed by atoms with van der Waals surface area (Å²) in [7, 11) is 0. The lowest BCUT2D eigenvalue weighted by Gasteiger charge is -2.49. The number of benzene rings is 1. The lowest BCUT2D eigenvalue weighted by Crippen LogP contribution is -2.71. The number of aliphatic carboxylic acids is 1. The second-order valence-electron chi connectivity index (χ2n) is 10.4. The minimum atomic E-state index is -1.42. The van der Waals surface area contributed by atoms with Crippen molar-refractivity contribution in [1.82, 2.24) is 40.1 Å². The number of thioether (sulfide) groups is 2. The summed E-state index contributed by atoms with van der Waals surface area (Å²) in [6.45, 7) is 1.69. The topological polar surface area (TPSA) is 276 Å². The second kappa shape index (κ2) is 12.7. The summed E-state index contributed by atoms with van der Waals surface area (Å²) in [4.78, 5) is 76.9. The molecule has 1 fully saturated rings. The number of aromatic carboxylic acids is 1. The maximum Gasteiger partial charge on any atom is 0.375 e. The van der Waals surface area contributed by atoms with Gasteiger partial charge in [0.2, 0.25) is 5.91 Å². The number of amides is 3. The highest BCUT2D eigenvalue weighted by atomic mass is 32.2. The van der Waals surface area contributed by atoms with E-state index in [0.717, 1.165) is 28.4 Å². The number of anilines is 1. The fourth-order valence-electron chi connectivity index (χ4n) is 4.93. The smallest absolute Gasteiger partial charge is 0.375 e. The number of aryl methyl sites for hydroxylation is 1. The van der Waals surface area contributed by atoms with E-state index in [2.05, 4.69) is 30.7 Å². The molecule has 3 amide bonds. The first-order chi connectivity index (χ1) is 22.8. The van der Waals surface area contributed by atoms with Crippen LogP contribution in [0.1, 0.15) is 38.4 Å². The molecule has 0 saturated carbocycles. The Balaban J connectivity index is 1.19. The number of nitrogens with two attached hydrogens (primary N) is 1. The summed E-state index contributed by atoms with van der Waals surface area (Å²) in [6.07, 6.45) is 0. The normalized spacial score (nSPS) is 17.9. The van der Waals surface area contributed by atoms with Crippen LogP contribution in [0.25, 0.3) is 5.78 Å². The predicted octanol–water partition coefficient (Wildman–Crippen LogP) is 0.583. The van der Waals surface area contributed by atoms with E-state index in [1.165, 1.54) is 39.5 Å². The summed E-state index contributed by atoms with van der Waals surface area (Å²) in [6, 6.07) is 2.44. The molecular weight excluding hydrogens is 691 g/mol. The van der Waals surface area contributed by atoms with E-state index in [9.17, 15) is 44.4 Å². The van der Waals surface area contributed by atoms with Gasteiger partial charge in [0.1, 0.15) is 22.1 Å². The van der Waals surface area contributed by atoms with Crippen molar-refractivity contribution in [3.8, 4) is 11.5 Å². The molecule has 18 nitrogen and oxygen atoms in total. The van der Waals surface area contributed by atoms with E-state index < -0.39 is 64.4 Å². The highest BCUT2D eigenvalue weighted by molar-refractivity contribution is 8.01. The third-order valence-electron chi connectivity index (χ3n) is 7.15. The Morgan fingerprint density at radius 3 is 2.54 bits per heavy atom. The molecule has 248 valence electrons. The van der Waals surface area contributed by atoms with Gasteiger partial charge in [-0.05, 0) is 36.8 Å². The molecule has 48 heavy (non-hydrogen) atoms. The average molecular weight is 714 g/mol. The fourth-order valence-corrected chi connectivity index (χ4v) is 8.05. The molecule has 2 aliphatic rings. The zero-order valence-corrected chi connectivity index (χ0v) is 26.8. The van der Waals surface area contributed by atoms with E-state index in [0.29, 0.717) is 16.3 Å². The van der Waals surface area contributed by atoms with Crippen molar-refractivity contribution < 1.29 is 44.4 Å². The number of hydrogen-bond donors (Lipinski definition) is 7. The lowest BCUT2D eigenvalue weighted by atomic mass is 10.0. The number of nitrogen functional groups attached to an aromatic ring is 1. The lowest BCUT2D eigenvalue weighted by molar-refractivity contribution is -0.151. The number of carboxylic acid groups (broad SMARTS) is 2. The number of thiazole rings is 1. The van der Waals surface area contributed by atoms with Crippen molar-refractivity contribution in [2.45, 2.75) is 29.4 Å². The molecule has 3 aromatic heterocycles. The van der Waals surface area contributed by atoms with E-state index in [-0.39, 0.29) is 39.4 Å². The number of phenols is 2. The first-order valence-electron chi connectivity index (χ1n) is 13.7. The maximum absolute atomic E-state index is 13.5. The monoisotopic (exact) mass is 713 g/mol. The highest BCUT2D eigenvalue weighted by Crippen LogP contribution is 2.42. The van der Waals surface area contributed by atoms with Crippen LogP contribution < -0.4 is 16.4 Å². The van der Waals surface area contributed by atoms with Crippen LogP contribution in [-0.4, -0.2) is 102 Å². The van der Waals surface area contributed by atoms with Crippen LogP contribution in [0, 0.1) is 6.92 Å². The molecule has 0 radical (unpaired) electrons. The van der Waals surface area contributed by atoms with Crippen LogP contribution in [0.15, 0.2) is 45.9 Å². The Hall–Kier alpha value is -5.41. The minimum Gasteiger partial charge on any atom is -0.504 e. The number of hydrogen-bond acceptors (Lipinski definition) is 15. The summed E-state index contributed by atoms with van der Waals surface area (Å²) >= 11 is 3.41. The van der Waals surface area contributed by atoms with Gasteiger partial charge in [0.25, 0.3) is 23.4 Å². The number of rotatable bonds is 10. The maximum atomic E-state index is 13.5. The quantitative estimate of drug-likeness (QED) is 0.0512. The molecule has 2 aliphatic heterocycles. The molecule has 3 atom stereocenters. The molecule has 1 unspecified atom stereocenters. The predicted molar refractivity (Wildman–Crippen MR) is 169 cm³/mol. The van der Waals surface area contributed by atoms with E-state index in [1.54, 1.807) is 13.0 Å². The number of nitrogens with zero attached hydrogens (tertiary/aromatic N) is 6. The van der Waals surface area contributed by atoms with E-state index in [4.69, 9.17) is 5.73 Å². The third kappa shape index (κ3) is 6.04. The number of β-lactam (4-membered cyclic amide) rings is 1. The molecular formula is C27H23N9O9S3. The number of fused-ring (bicyclic) bond motifs is 2. The number of carbonyl (C=O) groups is 5. The molecule has 21 heteroatoms. The first-order valence-corrected chi connectivity index (χ1v) is 16.6. The zero-order chi connectivity index (χ0) is 34.4. The van der Waals surface area contributed by atoms with Gasteiger partial charge in [-0.25, -0.2) is 19.6 Å². The van der Waals surface area contributed by atoms with Crippen molar-refractivity contribution >= 4 is 75.4 Å². The van der Waals surface area contributed by atoms with Gasteiger partial charge < -0.3 is 36.8 Å². The molecule has 0 aliphatic carbocycles. The molecule has 6 rings (SSSR count). The van der Waals surface area contributed by atoms with E-state index in [1.807, 2.05) is 0 Å². The molecule has 1 saturated heterocycles. The Kier molecular flexibility index (Phi) is 8.57. The van der Waals surface area contributed by atoms with Gasteiger partial charge in [-0.2, -0.15) is 9.50 Å². The van der Waals surface area contributed by atoms with Gasteiger partial charge in [-0.3, -0.25) is 19.3 Å². The van der Waals surface area contributed by atoms with Gasteiger partial charge in [0.05, 0.1) is 5.69 Å². The van der Waals surface area contributed by atoms with Gasteiger partial charge in [0.15, 0.2) is 22.7 Å². The third-order valence-corrected chi connectivity index (χ3v) is 10.3. The standard InChI is InChI=1S/C27H23N9O9S3/c1-9-4-15(36-27(29-9)33-19(34-36)25(44)45)46-6-11-7-47-23-17(22(41)35(23)18(11)24(42)43)32-21(40)16(12-8-48-26(28)30-12)31-20(39)10-2-3-13(37)14(38)5-10/h2-5,8,16-17,23,37-38H,6-7H2,1H3,(H2,28,30)(H,31,39)(H,32,40)(H,42,43)(H,44,45)/t16?,17-,23-/m1/s1. The number of aromatic nitrogens is 5. The van der Waals surface area contributed by atoms with Crippen molar-refractivity contribution in [1.29, 1.82) is 0 Å².